The molecule has 0 aromatic heterocycles. The van der Waals surface area contributed by atoms with E-state index in [1.54, 1.807) is 0 Å². The number of rotatable bonds is 34. The summed E-state index contributed by atoms with van der Waals surface area (Å²) in [5, 5.41) is 11.0. The Morgan fingerprint density at radius 1 is 0.488 bits per heavy atom. The van der Waals surface area contributed by atoms with E-state index in [0.29, 0.717) is 6.04 Å². The van der Waals surface area contributed by atoms with Crippen LogP contribution in [-0.2, 0) is 4.79 Å². The summed E-state index contributed by atoms with van der Waals surface area (Å²) in [6.45, 7) is 9.06. The quantitative estimate of drug-likeness (QED) is 0.0563. The minimum atomic E-state index is -0.903. The first-order chi connectivity index (χ1) is 19.6. The molecule has 0 aromatic rings. The van der Waals surface area contributed by atoms with Crippen molar-refractivity contribution < 1.29 is 39.5 Å². The van der Waals surface area contributed by atoms with Crippen LogP contribution in [0.25, 0.3) is 0 Å². The van der Waals surface area contributed by atoms with E-state index < -0.39 is 5.97 Å². The fourth-order valence-electron chi connectivity index (χ4n) is 6.08. The molecule has 0 aromatic carbocycles. The van der Waals surface area contributed by atoms with Crippen LogP contribution in [0.15, 0.2) is 0 Å². The van der Waals surface area contributed by atoms with E-state index >= 15 is 0 Å². The summed E-state index contributed by atoms with van der Waals surface area (Å²) >= 11 is 0. The summed E-state index contributed by atoms with van der Waals surface area (Å²) in [6.07, 6.45) is 39.9. The second-order valence-corrected chi connectivity index (χ2v) is 13.0. The summed E-state index contributed by atoms with van der Waals surface area (Å²) in [4.78, 5) is 13.6. The number of unbranched alkanes of at least 4 members (excludes halogenated alkanes) is 26. The molecule has 3 nitrogen and oxygen atoms in total. The monoisotopic (exact) mass is 588 g/mol. The molecule has 0 N–H and O–H groups in total. The van der Waals surface area contributed by atoms with Gasteiger partial charge < -0.3 is 14.8 Å². The summed E-state index contributed by atoms with van der Waals surface area (Å²) in [7, 11) is 0. The molecule has 240 valence electrons. The van der Waals surface area contributed by atoms with E-state index in [4.69, 9.17) is 0 Å². The Kier molecular flexibility index (Phi) is 38.9. The smallest absolute Gasteiger partial charge is 0.550 e. The van der Waals surface area contributed by atoms with Gasteiger partial charge in [-0.25, -0.2) is 0 Å². The number of carboxylic acid groups (broad SMARTS) is 1. The summed E-state index contributed by atoms with van der Waals surface area (Å²) in [6, 6.07) is 0.349. The maximum Gasteiger partial charge on any atom is 1.00 e. The first-order valence-electron chi connectivity index (χ1n) is 18.6. The van der Waals surface area contributed by atoms with Crippen molar-refractivity contribution in [2.24, 2.45) is 0 Å². The Bertz CT molecular complexity index is 469. The molecule has 41 heavy (non-hydrogen) atoms. The zero-order valence-corrected chi connectivity index (χ0v) is 31.0. The fourth-order valence-corrected chi connectivity index (χ4v) is 6.08. The van der Waals surface area contributed by atoms with Gasteiger partial charge >= 0.3 is 29.6 Å². The second-order valence-electron chi connectivity index (χ2n) is 13.0. The molecule has 0 aliphatic rings. The molecular formula is C37H74NNaO2. The van der Waals surface area contributed by atoms with Gasteiger partial charge in [-0.2, -0.15) is 0 Å². The molecule has 1 atom stereocenters. The van der Waals surface area contributed by atoms with E-state index in [0.717, 1.165) is 19.5 Å². The number of carbonyl (C=O) groups is 1. The van der Waals surface area contributed by atoms with E-state index in [9.17, 15) is 9.90 Å². The van der Waals surface area contributed by atoms with E-state index in [1.165, 1.54) is 180 Å². The van der Waals surface area contributed by atoms with Crippen LogP contribution in [0.5, 0.6) is 0 Å². The van der Waals surface area contributed by atoms with Crippen molar-refractivity contribution in [1.82, 2.24) is 4.90 Å². The largest absolute Gasteiger partial charge is 1.00 e. The predicted molar refractivity (Wildman–Crippen MR) is 176 cm³/mol. The van der Waals surface area contributed by atoms with Gasteiger partial charge in [0.25, 0.3) is 0 Å². The maximum atomic E-state index is 11.0. The van der Waals surface area contributed by atoms with Crippen molar-refractivity contribution in [2.75, 3.05) is 13.1 Å². The predicted octanol–water partition coefficient (Wildman–Crippen LogP) is 8.17. The van der Waals surface area contributed by atoms with Crippen molar-refractivity contribution in [3.63, 3.8) is 0 Å². The normalized spacial score (nSPS) is 12.1. The number of hydrogen-bond acceptors (Lipinski definition) is 3. The van der Waals surface area contributed by atoms with Crippen LogP contribution >= 0.6 is 0 Å². The fraction of sp³-hybridized carbons (Fsp3) is 0.973. The molecule has 0 heterocycles. The number of carbonyl (C=O) groups excluding carboxylic acids is 1. The molecule has 0 bridgehead atoms. The third-order valence-corrected chi connectivity index (χ3v) is 8.99. The SMILES string of the molecule is CCCCCCCCCCCCCCCCN(CCCCCCCCCCCCCCCC)C(C)CCC(=O)[O-].[Na+]. The molecule has 0 spiro atoms. The van der Waals surface area contributed by atoms with Crippen molar-refractivity contribution in [1.29, 1.82) is 0 Å². The van der Waals surface area contributed by atoms with Crippen LogP contribution < -0.4 is 34.7 Å². The van der Waals surface area contributed by atoms with Crippen molar-refractivity contribution in [3.8, 4) is 0 Å². The molecule has 0 aliphatic heterocycles. The van der Waals surface area contributed by atoms with Crippen LogP contribution in [-0.4, -0.2) is 30.0 Å². The average molecular weight is 588 g/mol. The molecule has 1 unspecified atom stereocenters. The standard InChI is InChI=1S/C37H75NO2.Na/c1-4-6-8-10-12-14-16-18-20-22-24-26-28-30-34-38(36(3)32-33-37(39)40)35-31-29-27-25-23-21-19-17-15-13-11-9-7-5-2;/h36H,4-35H2,1-3H3,(H,39,40);/q;+1/p-1. The number of carboxylic acids is 1. The summed E-state index contributed by atoms with van der Waals surface area (Å²) < 4.78 is 0. The second kappa shape index (κ2) is 36.6. The molecule has 0 aliphatic carbocycles. The molecule has 0 radical (unpaired) electrons. The van der Waals surface area contributed by atoms with Gasteiger partial charge in [-0.05, 0) is 45.7 Å². The third-order valence-electron chi connectivity index (χ3n) is 8.99. The molecule has 0 fully saturated rings. The van der Waals surface area contributed by atoms with Gasteiger partial charge in [0.05, 0.1) is 0 Å². The van der Waals surface area contributed by atoms with Crippen LogP contribution in [0.3, 0.4) is 0 Å². The molecule has 0 rings (SSSR count). The van der Waals surface area contributed by atoms with Gasteiger partial charge in [0.2, 0.25) is 0 Å². The van der Waals surface area contributed by atoms with Gasteiger partial charge in [-0.3, -0.25) is 0 Å². The van der Waals surface area contributed by atoms with Crippen molar-refractivity contribution in [2.45, 2.75) is 219 Å². The Morgan fingerprint density at radius 3 is 0.976 bits per heavy atom. The molecule has 4 heteroatoms. The van der Waals surface area contributed by atoms with E-state index in [2.05, 4.69) is 25.7 Å². The van der Waals surface area contributed by atoms with Gasteiger partial charge in [-0.15, -0.1) is 0 Å². The Labute approximate surface area is 281 Å². The van der Waals surface area contributed by atoms with Gasteiger partial charge in [0.15, 0.2) is 0 Å². The Morgan fingerprint density at radius 2 is 0.732 bits per heavy atom. The number of aliphatic carboxylic acids is 1. The van der Waals surface area contributed by atoms with E-state index in [1.807, 2.05) is 0 Å². The van der Waals surface area contributed by atoms with Crippen LogP contribution in [0.2, 0.25) is 0 Å². The minimum Gasteiger partial charge on any atom is -0.550 e. The number of nitrogens with zero attached hydrogens (tertiary/aromatic N) is 1. The summed E-state index contributed by atoms with van der Waals surface area (Å²) in [5.74, 6) is -0.903. The van der Waals surface area contributed by atoms with Crippen molar-refractivity contribution in [3.05, 3.63) is 0 Å². The molecule has 0 saturated heterocycles. The average Bonchev–Trinajstić information content (AvgIpc) is 2.95. The zero-order chi connectivity index (χ0) is 29.4. The molecule has 0 amide bonds. The van der Waals surface area contributed by atoms with Crippen LogP contribution in [0.4, 0.5) is 0 Å². The van der Waals surface area contributed by atoms with Gasteiger partial charge in [-0.1, -0.05) is 181 Å². The van der Waals surface area contributed by atoms with Gasteiger partial charge in [0.1, 0.15) is 0 Å². The third kappa shape index (κ3) is 34.8. The zero-order valence-electron chi connectivity index (χ0n) is 29.0. The summed E-state index contributed by atoms with van der Waals surface area (Å²) in [5.41, 5.74) is 0. The van der Waals surface area contributed by atoms with Gasteiger partial charge in [0, 0.05) is 12.0 Å². The Balaban J connectivity index is 0. The van der Waals surface area contributed by atoms with Crippen LogP contribution in [0.1, 0.15) is 213 Å². The molecule has 0 saturated carbocycles. The number of hydrogen-bond donors (Lipinski definition) is 0. The first-order valence-corrected chi connectivity index (χ1v) is 18.6. The van der Waals surface area contributed by atoms with Crippen LogP contribution in [0, 0.1) is 0 Å². The van der Waals surface area contributed by atoms with Crippen molar-refractivity contribution >= 4 is 5.97 Å². The van der Waals surface area contributed by atoms with E-state index in [-0.39, 0.29) is 36.0 Å². The minimum absolute atomic E-state index is 0. The first kappa shape index (κ1) is 43.6. The molecular weight excluding hydrogens is 513 g/mol. The topological polar surface area (TPSA) is 43.4 Å². The Hall–Kier alpha value is 0.430. The maximum absolute atomic E-state index is 11.0.